The van der Waals surface area contributed by atoms with Gasteiger partial charge in [0.25, 0.3) is 0 Å². The van der Waals surface area contributed by atoms with Gasteiger partial charge in [0.2, 0.25) is 0 Å². The summed E-state index contributed by atoms with van der Waals surface area (Å²) >= 11 is 3.42. The van der Waals surface area contributed by atoms with Crippen LogP contribution >= 0.6 is 15.9 Å². The van der Waals surface area contributed by atoms with E-state index in [9.17, 15) is 31.2 Å². The van der Waals surface area contributed by atoms with Gasteiger partial charge in [-0.25, -0.2) is 31.2 Å². The molecule has 4 aromatic carbocycles. The van der Waals surface area contributed by atoms with Crippen molar-refractivity contribution in [3.63, 3.8) is 0 Å². The molecule has 2 N–H and O–H groups in total. The summed E-state index contributed by atoms with van der Waals surface area (Å²) in [6.07, 6.45) is 2.26. The zero-order valence-corrected chi connectivity index (χ0v) is 46.0. The molecule has 6 rings (SSSR count). The van der Waals surface area contributed by atoms with E-state index in [0.717, 1.165) is 17.0 Å². The Labute approximate surface area is 410 Å². The maximum atomic E-state index is 13.0. The number of carbonyl (C=O) groups is 1. The van der Waals surface area contributed by atoms with Crippen LogP contribution in [0.4, 0.5) is 0 Å². The zero-order chi connectivity index (χ0) is 43.9. The van der Waals surface area contributed by atoms with Gasteiger partial charge in [-0.2, -0.15) is 0 Å². The molecule has 0 fully saturated rings. The fourth-order valence-electron chi connectivity index (χ4n) is 6.81. The molecule has 0 aliphatic carbocycles. The Kier molecular flexibility index (Phi) is 22.6. The molecule has 350 valence electrons. The van der Waals surface area contributed by atoms with Gasteiger partial charge >= 0.3 is 17.3 Å². The predicted molar refractivity (Wildman–Crippen MR) is 246 cm³/mol. The monoisotopic (exact) mass is 1330 g/mol. The summed E-state index contributed by atoms with van der Waals surface area (Å²) in [5.74, 6) is 0.823. The minimum Gasteiger partial charge on any atom is -0.493 e. The number of hydrogen-bond acceptors (Lipinski definition) is 12. The molecule has 0 radical (unpaired) electrons. The molecule has 0 aliphatic rings. The van der Waals surface area contributed by atoms with E-state index in [2.05, 4.69) is 25.9 Å². The fourth-order valence-corrected chi connectivity index (χ4v) is 9.10. The fraction of sp³-hybridized carbons (Fsp3) is 0.326. The van der Waals surface area contributed by atoms with E-state index < -0.39 is 43.4 Å². The summed E-state index contributed by atoms with van der Waals surface area (Å²) in [5.41, 5.74) is 2.36. The van der Waals surface area contributed by atoms with Crippen molar-refractivity contribution in [3.8, 4) is 23.0 Å². The smallest absolute Gasteiger partial charge is 0.340 e. The van der Waals surface area contributed by atoms with Crippen molar-refractivity contribution in [2.24, 2.45) is 0 Å². The Hall–Kier alpha value is -4.15. The van der Waals surface area contributed by atoms with Crippen molar-refractivity contribution in [2.75, 3.05) is 58.1 Å². The quantitative estimate of drug-likeness (QED) is 0.0779. The van der Waals surface area contributed by atoms with Crippen molar-refractivity contribution in [1.29, 1.82) is 0 Å². The molecular weight excluding hydrogens is 1280 g/mol. The van der Waals surface area contributed by atoms with E-state index in [1.165, 1.54) is 23.4 Å². The molecule has 0 saturated heterocycles. The minimum atomic E-state index is -3.50. The number of halogens is 1. The van der Waals surface area contributed by atoms with Crippen LogP contribution in [-0.2, 0) is 66.5 Å². The van der Waals surface area contributed by atoms with Crippen LogP contribution in [-0.4, -0.2) is 100.0 Å². The van der Waals surface area contributed by atoms with Gasteiger partial charge in [0.05, 0.1) is 85.3 Å². The molecule has 2 heterocycles. The number of aromatic nitrogens is 4. The normalized spacial score (nSPS) is 11.9. The van der Waals surface area contributed by atoms with Crippen molar-refractivity contribution in [1.82, 2.24) is 19.1 Å². The van der Waals surface area contributed by atoms with Crippen LogP contribution in [0, 0.1) is 14.9 Å². The van der Waals surface area contributed by atoms with Crippen LogP contribution in [0.15, 0.2) is 86.9 Å². The van der Waals surface area contributed by atoms with Gasteiger partial charge in [-0.05, 0) is 96.4 Å². The molecule has 64 heavy (non-hydrogen) atoms. The molecule has 2 atom stereocenters. The van der Waals surface area contributed by atoms with Crippen LogP contribution in [0.25, 0.3) is 22.1 Å². The second kappa shape index (κ2) is 24.9. The Balaban J connectivity index is 0.000000607. The number of benzene rings is 4. The third-order valence-corrected chi connectivity index (χ3v) is 11.7. The number of sulfone groups is 2. The number of methoxy groups -OCH3 is 2. The summed E-state index contributed by atoms with van der Waals surface area (Å²) in [4.78, 5) is 43.6. The maximum Gasteiger partial charge on any atom is 0.340 e. The molecule has 16 nitrogen and oxygen atoms in total. The number of H-pyrrole nitrogens is 2. The van der Waals surface area contributed by atoms with Crippen molar-refractivity contribution >= 4 is 63.6 Å². The van der Waals surface area contributed by atoms with E-state index in [4.69, 9.17) is 23.7 Å². The molecule has 0 aliphatic heterocycles. The van der Waals surface area contributed by atoms with E-state index in [1.54, 1.807) is 73.7 Å². The summed E-state index contributed by atoms with van der Waals surface area (Å²) in [7, 11) is -3.85. The standard InChI is InChI=1S/C22H26N2O7S.C19H21BrN2O5S.2CH3.2W/c1-5-30-19-12-14(10-11-18(19)29-3)17(13-32(4,27)28)24-16-9-7-8-15(21(25)31-6-2)20(16)23-22(24)26;1-4-27-17-10-12(8-9-16(17)26-2)15(11-28(3,24)25)22-14-7-5-6-13(20)18(14)21-19(22)23;;;;/h7-12,17H,5-6,13H2,1-4H3,(H,23,26);5-10,15H,4,11H2,1-3H3,(H,21,23);2*1H3;;/q;;2*-1;;/t17-;15-;;;;/m11..../s1. The zero-order valence-electron chi connectivity index (χ0n) is 36.9. The Morgan fingerprint density at radius 2 is 1.06 bits per heavy atom. The summed E-state index contributed by atoms with van der Waals surface area (Å²) < 4.78 is 79.4. The third kappa shape index (κ3) is 13.7. The predicted octanol–water partition coefficient (Wildman–Crippen LogP) is 6.58. The largest absolute Gasteiger partial charge is 0.493 e. The van der Waals surface area contributed by atoms with Gasteiger partial charge in [-0.1, -0.05) is 24.3 Å². The average molecular weight is 1330 g/mol. The first-order valence-corrected chi connectivity index (χ1v) is 23.6. The SMILES string of the molecule is CCOC(=O)c1cccc2c1[nH]c(=O)n2[C@H](CS(C)(=O)=O)c1ccc(OC)c(OCC)c1.CCOc1cc([C@@H](CS(C)(=O)=O)n2c(=O)[nH]c3c(Br)cccc32)ccc1OC.[CH3-].[CH3-].[W].[W]. The van der Waals surface area contributed by atoms with E-state index in [1.807, 2.05) is 19.9 Å². The molecule has 2 aromatic heterocycles. The molecule has 0 spiro atoms. The number of aromatic amines is 2. The summed E-state index contributed by atoms with van der Waals surface area (Å²) in [6, 6.07) is 18.8. The van der Waals surface area contributed by atoms with E-state index in [0.29, 0.717) is 63.9 Å². The molecule has 21 heteroatoms. The first kappa shape index (κ1) is 57.9. The van der Waals surface area contributed by atoms with Crippen LogP contribution in [0.3, 0.4) is 0 Å². The number of para-hydroxylation sites is 2. The number of carbonyl (C=O) groups excluding carboxylic acids is 1. The van der Waals surface area contributed by atoms with Crippen LogP contribution in [0.2, 0.25) is 0 Å². The van der Waals surface area contributed by atoms with Gasteiger partial charge in [0.1, 0.15) is 19.7 Å². The molecule has 6 aromatic rings. The maximum absolute atomic E-state index is 13.0. The number of imidazole rings is 2. The first-order chi connectivity index (χ1) is 28.4. The average Bonchev–Trinajstić information content (AvgIpc) is 3.71. The Bertz CT molecular complexity index is 2860. The van der Waals surface area contributed by atoms with Gasteiger partial charge in [0.15, 0.2) is 23.0 Å². The molecule has 0 saturated carbocycles. The number of nitrogens with one attached hydrogen (secondary N) is 2. The van der Waals surface area contributed by atoms with Crippen LogP contribution in [0.1, 0.15) is 54.3 Å². The molecule has 0 amide bonds. The third-order valence-electron chi connectivity index (χ3n) is 9.24. The second-order valence-electron chi connectivity index (χ2n) is 13.6. The number of rotatable bonds is 16. The number of nitrogens with zero attached hydrogens (tertiary/aromatic N) is 2. The Morgan fingerprint density at radius 3 is 1.47 bits per heavy atom. The molecule has 0 unspecified atom stereocenters. The Morgan fingerprint density at radius 1 is 0.641 bits per heavy atom. The van der Waals surface area contributed by atoms with E-state index in [-0.39, 0.29) is 91.9 Å². The van der Waals surface area contributed by atoms with Gasteiger partial charge in [-0.3, -0.25) is 9.13 Å². The minimum absolute atomic E-state index is 0. The van der Waals surface area contributed by atoms with Crippen molar-refractivity contribution in [3.05, 3.63) is 130 Å². The van der Waals surface area contributed by atoms with E-state index >= 15 is 0 Å². The van der Waals surface area contributed by atoms with Crippen LogP contribution < -0.4 is 30.3 Å². The number of hydrogen-bond donors (Lipinski definition) is 2. The van der Waals surface area contributed by atoms with Crippen LogP contribution in [0.5, 0.6) is 23.0 Å². The van der Waals surface area contributed by atoms with Crippen molar-refractivity contribution < 1.29 is 87.4 Å². The first-order valence-electron chi connectivity index (χ1n) is 18.7. The summed E-state index contributed by atoms with van der Waals surface area (Å²) in [6.45, 7) is 6.35. The molecule has 0 bridgehead atoms. The molecular formula is C43H53BrN4O12S2W2-2. The van der Waals surface area contributed by atoms with Crippen molar-refractivity contribution in [2.45, 2.75) is 32.9 Å². The number of esters is 1. The number of ether oxygens (including phenoxy) is 5. The van der Waals surface area contributed by atoms with Gasteiger partial charge in [0, 0.05) is 59.1 Å². The van der Waals surface area contributed by atoms with Gasteiger partial charge < -0.3 is 48.5 Å². The van der Waals surface area contributed by atoms with Gasteiger partial charge in [-0.15, -0.1) is 0 Å². The second-order valence-corrected chi connectivity index (χ2v) is 18.8. The summed E-state index contributed by atoms with van der Waals surface area (Å²) in [5, 5.41) is 0. The number of fused-ring (bicyclic) bond motifs is 2. The topological polar surface area (TPSA) is 207 Å².